The topological polar surface area (TPSA) is 77.8 Å². The molecule has 0 saturated carbocycles. The summed E-state index contributed by atoms with van der Waals surface area (Å²) < 4.78 is 0. The van der Waals surface area contributed by atoms with Gasteiger partial charge in [-0.05, 0) is 17.7 Å². The summed E-state index contributed by atoms with van der Waals surface area (Å²) >= 11 is 0. The Morgan fingerprint density at radius 3 is 2.75 bits per heavy atom. The Bertz CT molecular complexity index is 440. The SMILES string of the molecule is O=C(O)Cc1ccc(O)c(C#CCCO)c1. The van der Waals surface area contributed by atoms with Crippen molar-refractivity contribution in [3.63, 3.8) is 0 Å². The zero-order chi connectivity index (χ0) is 12.0. The van der Waals surface area contributed by atoms with Crippen molar-refractivity contribution in [3.8, 4) is 17.6 Å². The number of aliphatic hydroxyl groups excluding tert-OH is 1. The van der Waals surface area contributed by atoms with E-state index in [9.17, 15) is 9.90 Å². The molecule has 0 aliphatic carbocycles. The number of aliphatic carboxylic acids is 1. The van der Waals surface area contributed by atoms with Crippen molar-refractivity contribution in [1.82, 2.24) is 0 Å². The van der Waals surface area contributed by atoms with Gasteiger partial charge in [-0.25, -0.2) is 0 Å². The summed E-state index contributed by atoms with van der Waals surface area (Å²) in [6, 6.07) is 4.50. The maximum absolute atomic E-state index is 10.5. The minimum absolute atomic E-state index is 0.0135. The molecule has 84 valence electrons. The van der Waals surface area contributed by atoms with Crippen molar-refractivity contribution in [1.29, 1.82) is 0 Å². The van der Waals surface area contributed by atoms with Gasteiger partial charge in [0.15, 0.2) is 0 Å². The van der Waals surface area contributed by atoms with Gasteiger partial charge < -0.3 is 15.3 Å². The number of phenols is 1. The number of aliphatic hydroxyl groups is 1. The second kappa shape index (κ2) is 5.79. The normalized spacial score (nSPS) is 9.31. The Morgan fingerprint density at radius 2 is 2.12 bits per heavy atom. The van der Waals surface area contributed by atoms with Crippen LogP contribution >= 0.6 is 0 Å². The molecule has 4 heteroatoms. The lowest BCUT2D eigenvalue weighted by Crippen LogP contribution is -2.00. The second-order valence-electron chi connectivity index (χ2n) is 3.20. The summed E-state index contributed by atoms with van der Waals surface area (Å²) in [5.41, 5.74) is 0.964. The van der Waals surface area contributed by atoms with E-state index >= 15 is 0 Å². The molecule has 0 aliphatic rings. The van der Waals surface area contributed by atoms with E-state index in [-0.39, 0.29) is 18.8 Å². The minimum atomic E-state index is -0.931. The first-order chi connectivity index (χ1) is 7.63. The van der Waals surface area contributed by atoms with Gasteiger partial charge in [0, 0.05) is 6.42 Å². The average Bonchev–Trinajstić information content (AvgIpc) is 2.22. The number of carboxylic acids is 1. The summed E-state index contributed by atoms with van der Waals surface area (Å²) in [4.78, 5) is 10.5. The predicted molar refractivity (Wildman–Crippen MR) is 58.0 cm³/mol. The summed E-state index contributed by atoms with van der Waals surface area (Å²) in [5.74, 6) is 4.42. The van der Waals surface area contributed by atoms with Crippen molar-refractivity contribution in [2.24, 2.45) is 0 Å². The van der Waals surface area contributed by atoms with Crippen LogP contribution < -0.4 is 0 Å². The van der Waals surface area contributed by atoms with Gasteiger partial charge in [0.2, 0.25) is 0 Å². The van der Waals surface area contributed by atoms with Crippen LogP contribution in [0.25, 0.3) is 0 Å². The van der Waals surface area contributed by atoms with Crippen LogP contribution in [0.4, 0.5) is 0 Å². The molecule has 1 rings (SSSR count). The molecule has 0 atom stereocenters. The van der Waals surface area contributed by atoms with Gasteiger partial charge in [-0.15, -0.1) is 0 Å². The smallest absolute Gasteiger partial charge is 0.307 e. The zero-order valence-corrected chi connectivity index (χ0v) is 8.60. The van der Waals surface area contributed by atoms with Crippen LogP contribution in [0, 0.1) is 11.8 Å². The number of aromatic hydroxyl groups is 1. The van der Waals surface area contributed by atoms with Gasteiger partial charge in [0.05, 0.1) is 18.6 Å². The van der Waals surface area contributed by atoms with Crippen LogP contribution in [0.3, 0.4) is 0 Å². The van der Waals surface area contributed by atoms with Crippen LogP contribution in [-0.4, -0.2) is 27.9 Å². The third kappa shape index (κ3) is 3.64. The molecule has 16 heavy (non-hydrogen) atoms. The van der Waals surface area contributed by atoms with Gasteiger partial charge in [0.25, 0.3) is 0 Å². The number of rotatable bonds is 3. The van der Waals surface area contributed by atoms with E-state index in [1.165, 1.54) is 12.1 Å². The molecule has 1 aromatic rings. The maximum Gasteiger partial charge on any atom is 0.307 e. The molecule has 0 aliphatic heterocycles. The third-order valence-electron chi connectivity index (χ3n) is 1.88. The van der Waals surface area contributed by atoms with Crippen molar-refractivity contribution in [2.75, 3.05) is 6.61 Å². The molecule has 3 N–H and O–H groups in total. The molecule has 4 nitrogen and oxygen atoms in total. The average molecular weight is 220 g/mol. The molecular weight excluding hydrogens is 208 g/mol. The Balaban J connectivity index is 2.91. The van der Waals surface area contributed by atoms with Gasteiger partial charge in [-0.1, -0.05) is 17.9 Å². The molecule has 0 fully saturated rings. The number of carboxylic acid groups (broad SMARTS) is 1. The fourth-order valence-electron chi connectivity index (χ4n) is 1.18. The van der Waals surface area contributed by atoms with E-state index < -0.39 is 5.97 Å². The zero-order valence-electron chi connectivity index (χ0n) is 8.60. The molecule has 0 heterocycles. The molecule has 0 amide bonds. The fraction of sp³-hybridized carbons (Fsp3) is 0.250. The van der Waals surface area contributed by atoms with Gasteiger partial charge in [0.1, 0.15) is 5.75 Å². The maximum atomic E-state index is 10.5. The van der Waals surface area contributed by atoms with Crippen LogP contribution in [0.5, 0.6) is 5.75 Å². The lowest BCUT2D eigenvalue weighted by atomic mass is 10.1. The van der Waals surface area contributed by atoms with Gasteiger partial charge in [-0.3, -0.25) is 4.79 Å². The van der Waals surface area contributed by atoms with E-state index in [1.807, 2.05) is 0 Å². The standard InChI is InChI=1S/C12H12O4/c13-6-2-1-3-10-7-9(8-12(15)16)4-5-11(10)14/h4-5,7,13-14H,2,6,8H2,(H,15,16). The van der Waals surface area contributed by atoms with Crippen LogP contribution in [0.2, 0.25) is 0 Å². The van der Waals surface area contributed by atoms with Crippen molar-refractivity contribution in [3.05, 3.63) is 29.3 Å². The quantitative estimate of drug-likeness (QED) is 0.657. The Hall–Kier alpha value is -1.99. The highest BCUT2D eigenvalue weighted by atomic mass is 16.4. The molecule has 0 aromatic heterocycles. The van der Waals surface area contributed by atoms with E-state index in [2.05, 4.69) is 11.8 Å². The van der Waals surface area contributed by atoms with E-state index in [4.69, 9.17) is 10.2 Å². The Morgan fingerprint density at radius 1 is 1.38 bits per heavy atom. The highest BCUT2D eigenvalue weighted by molar-refractivity contribution is 5.70. The summed E-state index contributed by atoms with van der Waals surface area (Å²) in [5, 5.41) is 26.6. The van der Waals surface area contributed by atoms with E-state index in [0.717, 1.165) is 0 Å². The van der Waals surface area contributed by atoms with Gasteiger partial charge >= 0.3 is 5.97 Å². The monoisotopic (exact) mass is 220 g/mol. The molecule has 0 saturated heterocycles. The number of carbonyl (C=O) groups is 1. The summed E-state index contributed by atoms with van der Waals surface area (Å²) in [6.45, 7) is -0.0391. The van der Waals surface area contributed by atoms with E-state index in [1.54, 1.807) is 6.07 Å². The van der Waals surface area contributed by atoms with Crippen LogP contribution in [0.1, 0.15) is 17.5 Å². The van der Waals surface area contributed by atoms with E-state index in [0.29, 0.717) is 17.5 Å². The molecule has 1 aromatic carbocycles. The second-order valence-corrected chi connectivity index (χ2v) is 3.20. The van der Waals surface area contributed by atoms with Crippen molar-refractivity contribution < 1.29 is 20.1 Å². The largest absolute Gasteiger partial charge is 0.507 e. The first-order valence-corrected chi connectivity index (χ1v) is 4.77. The number of hydrogen-bond donors (Lipinski definition) is 3. The molecule has 0 bridgehead atoms. The fourth-order valence-corrected chi connectivity index (χ4v) is 1.18. The first kappa shape index (κ1) is 12.1. The van der Waals surface area contributed by atoms with Crippen molar-refractivity contribution >= 4 is 5.97 Å². The number of phenolic OH excluding ortho intramolecular Hbond substituents is 1. The lowest BCUT2D eigenvalue weighted by Gasteiger charge is -2.00. The third-order valence-corrected chi connectivity index (χ3v) is 1.88. The summed E-state index contributed by atoms with van der Waals surface area (Å²) in [7, 11) is 0. The predicted octanol–water partition coefficient (Wildman–Crippen LogP) is 0.753. The Labute approximate surface area is 93.2 Å². The van der Waals surface area contributed by atoms with Crippen LogP contribution in [0.15, 0.2) is 18.2 Å². The molecule has 0 unspecified atom stereocenters. The Kier molecular flexibility index (Phi) is 4.37. The van der Waals surface area contributed by atoms with Crippen molar-refractivity contribution in [2.45, 2.75) is 12.8 Å². The van der Waals surface area contributed by atoms with Crippen LogP contribution in [-0.2, 0) is 11.2 Å². The lowest BCUT2D eigenvalue weighted by molar-refractivity contribution is -0.136. The highest BCUT2D eigenvalue weighted by Crippen LogP contribution is 2.17. The van der Waals surface area contributed by atoms with Gasteiger partial charge in [-0.2, -0.15) is 0 Å². The minimum Gasteiger partial charge on any atom is -0.507 e. The molecule has 0 radical (unpaired) electrons. The molecular formula is C12H12O4. The summed E-state index contributed by atoms with van der Waals surface area (Å²) in [6.07, 6.45) is 0.220. The number of benzene rings is 1. The highest BCUT2D eigenvalue weighted by Gasteiger charge is 2.03. The number of hydrogen-bond acceptors (Lipinski definition) is 3. The first-order valence-electron chi connectivity index (χ1n) is 4.77. The molecule has 0 spiro atoms.